The van der Waals surface area contributed by atoms with E-state index in [4.69, 9.17) is 0 Å². The van der Waals surface area contributed by atoms with Crippen molar-refractivity contribution in [2.75, 3.05) is 4.90 Å². The van der Waals surface area contributed by atoms with Crippen LogP contribution in [0.5, 0.6) is 0 Å². The molecule has 2 atom stereocenters. The van der Waals surface area contributed by atoms with Gasteiger partial charge in [0, 0.05) is 12.2 Å². The molecule has 2 heterocycles. The summed E-state index contributed by atoms with van der Waals surface area (Å²) in [6, 6.07) is 18.0. The highest BCUT2D eigenvalue weighted by molar-refractivity contribution is 5.44. The lowest BCUT2D eigenvalue weighted by Crippen LogP contribution is -2.40. The van der Waals surface area contributed by atoms with Crippen molar-refractivity contribution in [3.63, 3.8) is 0 Å². The van der Waals surface area contributed by atoms with Crippen LogP contribution in [-0.4, -0.2) is 11.0 Å². The van der Waals surface area contributed by atoms with Gasteiger partial charge in [0.2, 0.25) is 0 Å². The van der Waals surface area contributed by atoms with Crippen LogP contribution in [0.3, 0.4) is 0 Å². The predicted molar refractivity (Wildman–Crippen MR) is 79.2 cm³/mol. The van der Waals surface area contributed by atoms with Crippen molar-refractivity contribution >= 4 is 5.82 Å². The summed E-state index contributed by atoms with van der Waals surface area (Å²) in [6.07, 6.45) is 5.65. The van der Waals surface area contributed by atoms with Crippen molar-refractivity contribution in [3.8, 4) is 0 Å². The lowest BCUT2D eigenvalue weighted by atomic mass is 9.91. The number of pyridine rings is 1. The average Bonchev–Trinajstić information content (AvgIpc) is 2.49. The third-order valence-corrected chi connectivity index (χ3v) is 4.01. The second kappa shape index (κ2) is 5.43. The number of rotatable bonds is 2. The minimum absolute atomic E-state index is 0.458. The molecule has 2 nitrogen and oxygen atoms in total. The second-order valence-electron chi connectivity index (χ2n) is 5.30. The standard InChI is InChI=1S/C17H20N2/c1-14-8-7-11-16(15-9-3-2-4-10-15)19(14)17-12-5-6-13-18-17/h2-6,9-10,12-14,16H,7-8,11H2,1H3. The van der Waals surface area contributed by atoms with Gasteiger partial charge in [-0.05, 0) is 43.9 Å². The Bertz CT molecular complexity index is 509. The number of nitrogens with zero attached hydrogens (tertiary/aromatic N) is 2. The third kappa shape index (κ3) is 2.48. The van der Waals surface area contributed by atoms with Crippen LogP contribution < -0.4 is 4.90 Å². The molecule has 0 aliphatic carbocycles. The van der Waals surface area contributed by atoms with Crippen LogP contribution >= 0.6 is 0 Å². The van der Waals surface area contributed by atoms with Crippen LogP contribution in [0.4, 0.5) is 5.82 Å². The van der Waals surface area contributed by atoms with E-state index in [-0.39, 0.29) is 0 Å². The minimum Gasteiger partial charge on any atom is -0.347 e. The normalized spacial score (nSPS) is 23.3. The van der Waals surface area contributed by atoms with E-state index in [0.717, 1.165) is 5.82 Å². The van der Waals surface area contributed by atoms with Gasteiger partial charge >= 0.3 is 0 Å². The summed E-state index contributed by atoms with van der Waals surface area (Å²) in [4.78, 5) is 7.04. The molecule has 1 aromatic heterocycles. The topological polar surface area (TPSA) is 16.1 Å². The molecule has 98 valence electrons. The first-order valence-electron chi connectivity index (χ1n) is 7.10. The largest absolute Gasteiger partial charge is 0.347 e. The van der Waals surface area contributed by atoms with Gasteiger partial charge in [-0.3, -0.25) is 0 Å². The van der Waals surface area contributed by atoms with E-state index in [2.05, 4.69) is 59.3 Å². The van der Waals surface area contributed by atoms with Crippen molar-refractivity contribution in [3.05, 3.63) is 60.3 Å². The summed E-state index contributed by atoms with van der Waals surface area (Å²) in [5.41, 5.74) is 1.40. The van der Waals surface area contributed by atoms with Gasteiger partial charge in [0.15, 0.2) is 0 Å². The van der Waals surface area contributed by atoms with Gasteiger partial charge in [0.05, 0.1) is 6.04 Å². The zero-order chi connectivity index (χ0) is 13.1. The minimum atomic E-state index is 0.458. The van der Waals surface area contributed by atoms with Gasteiger partial charge in [-0.15, -0.1) is 0 Å². The first-order chi connectivity index (χ1) is 9.36. The Morgan fingerprint density at radius 2 is 1.79 bits per heavy atom. The van der Waals surface area contributed by atoms with Crippen molar-refractivity contribution in [1.82, 2.24) is 4.98 Å². The SMILES string of the molecule is CC1CCCC(c2ccccc2)N1c1ccccn1. The highest BCUT2D eigenvalue weighted by atomic mass is 15.2. The second-order valence-corrected chi connectivity index (χ2v) is 5.30. The third-order valence-electron chi connectivity index (χ3n) is 4.01. The van der Waals surface area contributed by atoms with Gasteiger partial charge in [0.1, 0.15) is 5.82 Å². The Balaban J connectivity index is 1.97. The molecule has 19 heavy (non-hydrogen) atoms. The molecular weight excluding hydrogens is 232 g/mol. The van der Waals surface area contributed by atoms with Crippen molar-refractivity contribution in [2.24, 2.45) is 0 Å². The molecule has 0 saturated carbocycles. The molecule has 0 N–H and O–H groups in total. The molecule has 0 amide bonds. The Kier molecular flexibility index (Phi) is 3.49. The fourth-order valence-electron chi connectivity index (χ4n) is 3.09. The number of aromatic nitrogens is 1. The molecule has 2 heteroatoms. The Labute approximate surface area is 115 Å². The van der Waals surface area contributed by atoms with Crippen LogP contribution in [0, 0.1) is 0 Å². The van der Waals surface area contributed by atoms with Crippen LogP contribution in [0.25, 0.3) is 0 Å². The Morgan fingerprint density at radius 3 is 2.53 bits per heavy atom. The van der Waals surface area contributed by atoms with Crippen LogP contribution in [0.15, 0.2) is 54.7 Å². The van der Waals surface area contributed by atoms with E-state index in [0.29, 0.717) is 12.1 Å². The molecule has 1 aromatic carbocycles. The van der Waals surface area contributed by atoms with E-state index in [1.54, 1.807) is 0 Å². The first-order valence-corrected chi connectivity index (χ1v) is 7.10. The van der Waals surface area contributed by atoms with Gasteiger partial charge < -0.3 is 4.90 Å². The fraction of sp³-hybridized carbons (Fsp3) is 0.353. The average molecular weight is 252 g/mol. The zero-order valence-corrected chi connectivity index (χ0v) is 11.4. The Hall–Kier alpha value is -1.83. The highest BCUT2D eigenvalue weighted by Gasteiger charge is 2.29. The van der Waals surface area contributed by atoms with Crippen molar-refractivity contribution in [1.29, 1.82) is 0 Å². The number of piperidine rings is 1. The molecular formula is C17H20N2. The maximum absolute atomic E-state index is 4.55. The van der Waals surface area contributed by atoms with E-state index < -0.39 is 0 Å². The number of hydrogen-bond donors (Lipinski definition) is 0. The van der Waals surface area contributed by atoms with E-state index in [1.807, 2.05) is 12.3 Å². The monoisotopic (exact) mass is 252 g/mol. The maximum Gasteiger partial charge on any atom is 0.129 e. The van der Waals surface area contributed by atoms with Gasteiger partial charge in [-0.2, -0.15) is 0 Å². The van der Waals surface area contributed by atoms with Crippen LogP contribution in [0.2, 0.25) is 0 Å². The van der Waals surface area contributed by atoms with Gasteiger partial charge in [-0.25, -0.2) is 4.98 Å². The smallest absolute Gasteiger partial charge is 0.129 e. The number of benzene rings is 1. The predicted octanol–water partition coefficient (Wildman–Crippen LogP) is 4.20. The molecule has 0 spiro atoms. The van der Waals surface area contributed by atoms with Crippen molar-refractivity contribution < 1.29 is 0 Å². The molecule has 3 rings (SSSR count). The lowest BCUT2D eigenvalue weighted by molar-refractivity contribution is 0.401. The summed E-state index contributed by atoms with van der Waals surface area (Å²) in [5.74, 6) is 1.10. The molecule has 0 radical (unpaired) electrons. The van der Waals surface area contributed by atoms with Gasteiger partial charge in [-0.1, -0.05) is 36.4 Å². The van der Waals surface area contributed by atoms with Gasteiger partial charge in [0.25, 0.3) is 0 Å². The summed E-state index contributed by atoms with van der Waals surface area (Å²) >= 11 is 0. The first kappa shape index (κ1) is 12.2. The molecule has 1 aliphatic rings. The molecule has 1 aliphatic heterocycles. The quantitative estimate of drug-likeness (QED) is 0.796. The fourth-order valence-corrected chi connectivity index (χ4v) is 3.09. The summed E-state index contributed by atoms with van der Waals surface area (Å²) < 4.78 is 0. The highest BCUT2D eigenvalue weighted by Crippen LogP contribution is 2.36. The zero-order valence-electron chi connectivity index (χ0n) is 11.4. The van der Waals surface area contributed by atoms with E-state index in [9.17, 15) is 0 Å². The number of hydrogen-bond acceptors (Lipinski definition) is 2. The van der Waals surface area contributed by atoms with Crippen molar-refractivity contribution in [2.45, 2.75) is 38.3 Å². The number of anilines is 1. The summed E-state index contributed by atoms with van der Waals surface area (Å²) in [7, 11) is 0. The van der Waals surface area contributed by atoms with E-state index >= 15 is 0 Å². The summed E-state index contributed by atoms with van der Waals surface area (Å²) in [5, 5.41) is 0. The maximum atomic E-state index is 4.55. The van der Waals surface area contributed by atoms with Crippen LogP contribution in [0.1, 0.15) is 37.8 Å². The summed E-state index contributed by atoms with van der Waals surface area (Å²) in [6.45, 7) is 2.31. The molecule has 0 bridgehead atoms. The molecule has 1 saturated heterocycles. The lowest BCUT2D eigenvalue weighted by Gasteiger charge is -2.42. The molecule has 2 aromatic rings. The Morgan fingerprint density at radius 1 is 1.00 bits per heavy atom. The van der Waals surface area contributed by atoms with Crippen LogP contribution in [-0.2, 0) is 0 Å². The van der Waals surface area contributed by atoms with E-state index in [1.165, 1.54) is 24.8 Å². The molecule has 1 fully saturated rings. The molecule has 2 unspecified atom stereocenters.